The molecule has 0 bridgehead atoms. The summed E-state index contributed by atoms with van der Waals surface area (Å²) in [6, 6.07) is 9.10. The lowest BCUT2D eigenvalue weighted by molar-refractivity contribution is 0.239. The summed E-state index contributed by atoms with van der Waals surface area (Å²) in [5.74, 6) is 0.323. The minimum Gasteiger partial charge on any atom is -0.396 e. The van der Waals surface area contributed by atoms with Crippen molar-refractivity contribution >= 4 is 5.69 Å². The van der Waals surface area contributed by atoms with Gasteiger partial charge >= 0.3 is 0 Å². The molecule has 0 saturated heterocycles. The van der Waals surface area contributed by atoms with Gasteiger partial charge in [0.15, 0.2) is 0 Å². The second-order valence-corrected chi connectivity index (χ2v) is 5.28. The number of hydrogen-bond donors (Lipinski definition) is 2. The molecule has 100 valence electrons. The molecule has 1 aromatic carbocycles. The standard InChI is InChI=1S/C15H24N2O/c1-12(11-18)10-17-9-5-7-14(16-2)13-6-3-4-8-15(13)17/h3-4,6,8,12,14,16,18H,5,7,9-11H2,1-2H3. The van der Waals surface area contributed by atoms with E-state index >= 15 is 0 Å². The molecule has 2 rings (SSSR count). The molecule has 2 atom stereocenters. The first-order valence-electron chi connectivity index (χ1n) is 6.88. The van der Waals surface area contributed by atoms with Crippen molar-refractivity contribution < 1.29 is 5.11 Å². The molecule has 1 aliphatic rings. The van der Waals surface area contributed by atoms with E-state index in [2.05, 4.69) is 41.4 Å². The van der Waals surface area contributed by atoms with Gasteiger partial charge in [-0.2, -0.15) is 0 Å². The molecule has 1 aromatic rings. The third-order valence-electron chi connectivity index (χ3n) is 3.77. The average molecular weight is 248 g/mol. The Morgan fingerprint density at radius 1 is 1.44 bits per heavy atom. The van der Waals surface area contributed by atoms with Crippen LogP contribution in [0.4, 0.5) is 5.69 Å². The highest BCUT2D eigenvalue weighted by Gasteiger charge is 2.22. The third-order valence-corrected chi connectivity index (χ3v) is 3.77. The van der Waals surface area contributed by atoms with Gasteiger partial charge in [-0.3, -0.25) is 0 Å². The maximum atomic E-state index is 9.24. The number of fused-ring (bicyclic) bond motifs is 1. The number of rotatable bonds is 4. The lowest BCUT2D eigenvalue weighted by Crippen LogP contribution is -2.30. The van der Waals surface area contributed by atoms with E-state index in [1.54, 1.807) is 0 Å². The Bertz CT molecular complexity index is 381. The van der Waals surface area contributed by atoms with Crippen LogP contribution in [0.1, 0.15) is 31.4 Å². The lowest BCUT2D eigenvalue weighted by atomic mass is 10.0. The monoisotopic (exact) mass is 248 g/mol. The van der Waals surface area contributed by atoms with E-state index in [-0.39, 0.29) is 6.61 Å². The van der Waals surface area contributed by atoms with Gasteiger partial charge in [-0.1, -0.05) is 25.1 Å². The number of aliphatic hydroxyl groups is 1. The Kier molecular flexibility index (Phi) is 4.61. The first-order valence-corrected chi connectivity index (χ1v) is 6.88. The average Bonchev–Trinajstić information content (AvgIpc) is 2.58. The SMILES string of the molecule is CNC1CCCN(CC(C)CO)c2ccccc21. The topological polar surface area (TPSA) is 35.5 Å². The van der Waals surface area contributed by atoms with Crippen LogP contribution in [0.2, 0.25) is 0 Å². The van der Waals surface area contributed by atoms with Crippen molar-refractivity contribution in [2.24, 2.45) is 5.92 Å². The second kappa shape index (κ2) is 6.21. The summed E-state index contributed by atoms with van der Waals surface area (Å²) in [5, 5.41) is 12.7. The fourth-order valence-corrected chi connectivity index (χ4v) is 2.76. The van der Waals surface area contributed by atoms with Crippen LogP contribution in [0.5, 0.6) is 0 Å². The normalized spacial score (nSPS) is 21.3. The maximum absolute atomic E-state index is 9.24. The molecule has 0 saturated carbocycles. The predicted molar refractivity (Wildman–Crippen MR) is 75.9 cm³/mol. The van der Waals surface area contributed by atoms with Crippen LogP contribution < -0.4 is 10.2 Å². The van der Waals surface area contributed by atoms with Crippen LogP contribution in [0.25, 0.3) is 0 Å². The fraction of sp³-hybridized carbons (Fsp3) is 0.600. The molecule has 0 aliphatic carbocycles. The molecule has 0 aromatic heterocycles. The molecule has 0 amide bonds. The smallest absolute Gasteiger partial charge is 0.0473 e. The molecule has 1 heterocycles. The predicted octanol–water partition coefficient (Wildman–Crippen LogP) is 2.18. The van der Waals surface area contributed by atoms with Crippen molar-refractivity contribution in [3.05, 3.63) is 29.8 Å². The number of aliphatic hydroxyl groups excluding tert-OH is 1. The van der Waals surface area contributed by atoms with E-state index in [9.17, 15) is 5.11 Å². The van der Waals surface area contributed by atoms with Gasteiger partial charge < -0.3 is 15.3 Å². The van der Waals surface area contributed by atoms with Crippen molar-refractivity contribution in [2.75, 3.05) is 31.6 Å². The van der Waals surface area contributed by atoms with Crippen molar-refractivity contribution in [1.82, 2.24) is 5.32 Å². The summed E-state index contributed by atoms with van der Waals surface area (Å²) < 4.78 is 0. The van der Waals surface area contributed by atoms with Crippen molar-refractivity contribution in [3.8, 4) is 0 Å². The van der Waals surface area contributed by atoms with Gasteiger partial charge in [0, 0.05) is 31.4 Å². The quantitative estimate of drug-likeness (QED) is 0.857. The highest BCUT2D eigenvalue weighted by atomic mass is 16.3. The molecule has 2 N–H and O–H groups in total. The van der Waals surface area contributed by atoms with Gasteiger partial charge in [-0.05, 0) is 37.4 Å². The summed E-state index contributed by atoms with van der Waals surface area (Å²) in [4.78, 5) is 2.42. The lowest BCUT2D eigenvalue weighted by Gasteiger charge is -2.28. The van der Waals surface area contributed by atoms with E-state index in [4.69, 9.17) is 0 Å². The zero-order chi connectivity index (χ0) is 13.0. The molecule has 3 nitrogen and oxygen atoms in total. The third kappa shape index (κ3) is 2.85. The van der Waals surface area contributed by atoms with E-state index in [0.29, 0.717) is 12.0 Å². The number of nitrogens with one attached hydrogen (secondary N) is 1. The second-order valence-electron chi connectivity index (χ2n) is 5.28. The molecule has 0 fully saturated rings. The molecule has 0 spiro atoms. The fourth-order valence-electron chi connectivity index (χ4n) is 2.76. The van der Waals surface area contributed by atoms with Gasteiger partial charge in [-0.25, -0.2) is 0 Å². The zero-order valence-electron chi connectivity index (χ0n) is 11.4. The largest absolute Gasteiger partial charge is 0.396 e. The van der Waals surface area contributed by atoms with E-state index in [0.717, 1.165) is 13.1 Å². The minimum absolute atomic E-state index is 0.258. The summed E-state index contributed by atoms with van der Waals surface area (Å²) in [6.07, 6.45) is 2.37. The van der Waals surface area contributed by atoms with Crippen LogP contribution in [0.15, 0.2) is 24.3 Å². The Morgan fingerprint density at radius 2 is 2.22 bits per heavy atom. The van der Waals surface area contributed by atoms with Gasteiger partial charge in [0.1, 0.15) is 0 Å². The number of nitrogens with zero attached hydrogens (tertiary/aromatic N) is 1. The van der Waals surface area contributed by atoms with Crippen LogP contribution in [-0.2, 0) is 0 Å². The van der Waals surface area contributed by atoms with Gasteiger partial charge in [0.05, 0.1) is 0 Å². The first-order chi connectivity index (χ1) is 8.76. The molecule has 3 heteroatoms. The summed E-state index contributed by atoms with van der Waals surface area (Å²) in [7, 11) is 2.04. The van der Waals surface area contributed by atoms with Gasteiger partial charge in [-0.15, -0.1) is 0 Å². The van der Waals surface area contributed by atoms with Crippen LogP contribution in [0, 0.1) is 5.92 Å². The zero-order valence-corrected chi connectivity index (χ0v) is 11.4. The van der Waals surface area contributed by atoms with Crippen LogP contribution >= 0.6 is 0 Å². The number of benzene rings is 1. The Balaban J connectivity index is 2.27. The highest BCUT2D eigenvalue weighted by molar-refractivity contribution is 5.55. The van der Waals surface area contributed by atoms with Crippen LogP contribution in [-0.4, -0.2) is 31.9 Å². The number of para-hydroxylation sites is 1. The number of hydrogen-bond acceptors (Lipinski definition) is 3. The summed E-state index contributed by atoms with van der Waals surface area (Å²) in [6.45, 7) is 4.38. The highest BCUT2D eigenvalue weighted by Crippen LogP contribution is 2.32. The first kappa shape index (κ1) is 13.4. The minimum atomic E-state index is 0.258. The maximum Gasteiger partial charge on any atom is 0.0473 e. The molecular formula is C15H24N2O. The van der Waals surface area contributed by atoms with E-state index in [1.165, 1.54) is 24.1 Å². The van der Waals surface area contributed by atoms with Gasteiger partial charge in [0.2, 0.25) is 0 Å². The Labute approximate surface area is 110 Å². The molecule has 18 heavy (non-hydrogen) atoms. The molecular weight excluding hydrogens is 224 g/mol. The van der Waals surface area contributed by atoms with E-state index < -0.39 is 0 Å². The Morgan fingerprint density at radius 3 is 2.94 bits per heavy atom. The summed E-state index contributed by atoms with van der Waals surface area (Å²) in [5.41, 5.74) is 2.72. The van der Waals surface area contributed by atoms with Crippen molar-refractivity contribution in [2.45, 2.75) is 25.8 Å². The molecule has 2 unspecified atom stereocenters. The molecule has 0 radical (unpaired) electrons. The van der Waals surface area contributed by atoms with Crippen molar-refractivity contribution in [1.29, 1.82) is 0 Å². The van der Waals surface area contributed by atoms with Gasteiger partial charge in [0.25, 0.3) is 0 Å². The van der Waals surface area contributed by atoms with Crippen LogP contribution in [0.3, 0.4) is 0 Å². The van der Waals surface area contributed by atoms with E-state index in [1.807, 2.05) is 7.05 Å². The summed E-state index contributed by atoms with van der Waals surface area (Å²) >= 11 is 0. The van der Waals surface area contributed by atoms with Crippen molar-refractivity contribution in [3.63, 3.8) is 0 Å². The molecule has 1 aliphatic heterocycles. The number of anilines is 1. The Hall–Kier alpha value is -1.06.